The van der Waals surface area contributed by atoms with Gasteiger partial charge in [-0.1, -0.05) is 11.3 Å². The zero-order valence-electron chi connectivity index (χ0n) is 19.2. The molecule has 174 valence electrons. The van der Waals surface area contributed by atoms with Gasteiger partial charge in [0.2, 0.25) is 5.88 Å². The van der Waals surface area contributed by atoms with Gasteiger partial charge in [-0.15, -0.1) is 5.10 Å². The summed E-state index contributed by atoms with van der Waals surface area (Å²) < 4.78 is 13.4. The summed E-state index contributed by atoms with van der Waals surface area (Å²) in [5.41, 5.74) is 3.89. The molecule has 0 aliphatic heterocycles. The third-order valence-electron chi connectivity index (χ3n) is 5.91. The maximum absolute atomic E-state index is 11.3. The van der Waals surface area contributed by atoms with Gasteiger partial charge in [0.15, 0.2) is 0 Å². The van der Waals surface area contributed by atoms with E-state index in [9.17, 15) is 9.90 Å². The van der Waals surface area contributed by atoms with Gasteiger partial charge in [-0.2, -0.15) is 0 Å². The lowest BCUT2D eigenvalue weighted by atomic mass is 9.87. The summed E-state index contributed by atoms with van der Waals surface area (Å²) in [6.07, 6.45) is 3.38. The molecule has 0 radical (unpaired) electrons. The first kappa shape index (κ1) is 22.7. The fourth-order valence-electron chi connectivity index (χ4n) is 4.19. The Morgan fingerprint density at radius 1 is 1.21 bits per heavy atom. The molecule has 0 bridgehead atoms. The number of pyridine rings is 2. The van der Waals surface area contributed by atoms with E-state index >= 15 is 0 Å². The van der Waals surface area contributed by atoms with Crippen molar-refractivity contribution in [1.29, 1.82) is 0 Å². The Balaban J connectivity index is 1.53. The fourth-order valence-corrected chi connectivity index (χ4v) is 4.19. The van der Waals surface area contributed by atoms with Crippen LogP contribution >= 0.6 is 0 Å². The van der Waals surface area contributed by atoms with Crippen molar-refractivity contribution in [2.24, 2.45) is 13.0 Å². The predicted molar refractivity (Wildman–Crippen MR) is 121 cm³/mol. The van der Waals surface area contributed by atoms with Gasteiger partial charge in [-0.25, -0.2) is 9.97 Å². The van der Waals surface area contributed by atoms with Gasteiger partial charge >= 0.3 is 5.97 Å². The van der Waals surface area contributed by atoms with E-state index in [1.807, 2.05) is 51.2 Å². The van der Waals surface area contributed by atoms with E-state index in [1.165, 1.54) is 0 Å². The van der Waals surface area contributed by atoms with Crippen molar-refractivity contribution in [3.63, 3.8) is 0 Å². The van der Waals surface area contributed by atoms with E-state index in [2.05, 4.69) is 15.3 Å². The molecule has 1 aliphatic carbocycles. The summed E-state index contributed by atoms with van der Waals surface area (Å²) in [5.74, 6) is 0.180. The van der Waals surface area contributed by atoms with E-state index in [0.29, 0.717) is 48.9 Å². The molecule has 1 fully saturated rings. The highest BCUT2D eigenvalue weighted by atomic mass is 16.5. The standard InChI is InChI=1S/C24H29N5O4/c1-4-32-22-10-6-8-17(26-22)14-20-23(27-28-29(20)3)19-11-12-21(15(2)25-19)33-18-9-5-7-16(13-18)24(30)31/h6,8,10-12,16,18H,4-5,7,9,13-14H2,1-3H3,(H,30,31)/t16-,18-/m0/s1. The molecular formula is C24H29N5O4. The fraction of sp³-hybridized carbons (Fsp3) is 0.458. The van der Waals surface area contributed by atoms with E-state index in [-0.39, 0.29) is 12.0 Å². The van der Waals surface area contributed by atoms with Crippen LogP contribution in [0.25, 0.3) is 11.4 Å². The van der Waals surface area contributed by atoms with Crippen molar-refractivity contribution in [1.82, 2.24) is 25.0 Å². The lowest BCUT2D eigenvalue weighted by molar-refractivity contribution is -0.143. The first-order chi connectivity index (χ1) is 15.9. The molecule has 1 aliphatic rings. The quantitative estimate of drug-likeness (QED) is 0.553. The van der Waals surface area contributed by atoms with Gasteiger partial charge < -0.3 is 14.6 Å². The minimum Gasteiger partial charge on any atom is -0.489 e. The number of hydrogen-bond acceptors (Lipinski definition) is 7. The molecule has 0 unspecified atom stereocenters. The molecule has 33 heavy (non-hydrogen) atoms. The third kappa shape index (κ3) is 5.30. The number of rotatable bonds is 8. The second-order valence-corrected chi connectivity index (χ2v) is 8.31. The van der Waals surface area contributed by atoms with Crippen molar-refractivity contribution in [3.8, 4) is 23.0 Å². The SMILES string of the molecule is CCOc1cccc(Cc2c(-c3ccc(O[C@H]4CCC[C@H](C(=O)O)C4)c(C)n3)nnn2C)n1. The highest BCUT2D eigenvalue weighted by molar-refractivity contribution is 5.70. The Bertz CT molecular complexity index is 1130. The monoisotopic (exact) mass is 451 g/mol. The van der Waals surface area contributed by atoms with Crippen LogP contribution in [0.1, 0.15) is 49.7 Å². The summed E-state index contributed by atoms with van der Waals surface area (Å²) in [7, 11) is 1.85. The molecule has 3 aromatic rings. The molecule has 0 saturated heterocycles. The Kier molecular flexibility index (Phi) is 6.86. The highest BCUT2D eigenvalue weighted by Gasteiger charge is 2.28. The molecule has 2 atom stereocenters. The number of aryl methyl sites for hydroxylation is 2. The van der Waals surface area contributed by atoms with Crippen LogP contribution in [0.4, 0.5) is 0 Å². The van der Waals surface area contributed by atoms with Crippen LogP contribution in [-0.2, 0) is 18.3 Å². The van der Waals surface area contributed by atoms with Gasteiger partial charge in [0.1, 0.15) is 11.4 Å². The molecule has 3 aromatic heterocycles. The second-order valence-electron chi connectivity index (χ2n) is 8.31. The highest BCUT2D eigenvalue weighted by Crippen LogP contribution is 2.30. The lowest BCUT2D eigenvalue weighted by Crippen LogP contribution is -2.29. The summed E-state index contributed by atoms with van der Waals surface area (Å²) in [5, 5.41) is 17.9. The molecular weight excluding hydrogens is 422 g/mol. The van der Waals surface area contributed by atoms with E-state index in [0.717, 1.165) is 29.9 Å². The molecule has 0 spiro atoms. The van der Waals surface area contributed by atoms with Gasteiger partial charge in [0.05, 0.1) is 41.4 Å². The average Bonchev–Trinajstić information content (AvgIpc) is 3.16. The predicted octanol–water partition coefficient (Wildman–Crippen LogP) is 3.59. The van der Waals surface area contributed by atoms with Gasteiger partial charge in [-0.05, 0) is 57.7 Å². The zero-order valence-corrected chi connectivity index (χ0v) is 19.2. The van der Waals surface area contributed by atoms with Crippen molar-refractivity contribution in [2.75, 3.05) is 6.61 Å². The number of carboxylic acids is 1. The lowest BCUT2D eigenvalue weighted by Gasteiger charge is -2.27. The molecule has 1 N–H and O–H groups in total. The van der Waals surface area contributed by atoms with Crippen molar-refractivity contribution in [2.45, 2.75) is 52.1 Å². The maximum Gasteiger partial charge on any atom is 0.306 e. The Hall–Kier alpha value is -3.49. The molecule has 0 aromatic carbocycles. The number of aromatic nitrogens is 5. The molecule has 4 rings (SSSR count). The number of nitrogens with zero attached hydrogens (tertiary/aromatic N) is 5. The summed E-state index contributed by atoms with van der Waals surface area (Å²) in [6.45, 7) is 4.38. The summed E-state index contributed by atoms with van der Waals surface area (Å²) in [4.78, 5) is 20.6. The number of hydrogen-bond donors (Lipinski definition) is 1. The summed E-state index contributed by atoms with van der Waals surface area (Å²) in [6, 6.07) is 9.46. The summed E-state index contributed by atoms with van der Waals surface area (Å²) >= 11 is 0. The zero-order chi connectivity index (χ0) is 23.4. The molecule has 1 saturated carbocycles. The topological polar surface area (TPSA) is 112 Å². The van der Waals surface area contributed by atoms with Crippen LogP contribution in [0.15, 0.2) is 30.3 Å². The average molecular weight is 452 g/mol. The van der Waals surface area contributed by atoms with E-state index in [4.69, 9.17) is 14.5 Å². The first-order valence-corrected chi connectivity index (χ1v) is 11.3. The van der Waals surface area contributed by atoms with Crippen LogP contribution < -0.4 is 9.47 Å². The van der Waals surface area contributed by atoms with Gasteiger partial charge in [0, 0.05) is 19.5 Å². The first-order valence-electron chi connectivity index (χ1n) is 11.3. The van der Waals surface area contributed by atoms with Crippen LogP contribution in [0.3, 0.4) is 0 Å². The van der Waals surface area contributed by atoms with Crippen LogP contribution in [0.5, 0.6) is 11.6 Å². The molecule has 0 amide bonds. The van der Waals surface area contributed by atoms with Gasteiger partial charge in [0.25, 0.3) is 0 Å². The second kappa shape index (κ2) is 9.97. The molecule has 9 nitrogen and oxygen atoms in total. The normalized spacial score (nSPS) is 18.2. The number of carboxylic acid groups (broad SMARTS) is 1. The van der Waals surface area contributed by atoms with E-state index in [1.54, 1.807) is 4.68 Å². The van der Waals surface area contributed by atoms with Crippen molar-refractivity contribution in [3.05, 3.63) is 47.4 Å². The van der Waals surface area contributed by atoms with Crippen LogP contribution in [0.2, 0.25) is 0 Å². The number of carbonyl (C=O) groups is 1. The Morgan fingerprint density at radius 3 is 2.82 bits per heavy atom. The third-order valence-corrected chi connectivity index (χ3v) is 5.91. The number of aliphatic carboxylic acids is 1. The van der Waals surface area contributed by atoms with Crippen molar-refractivity contribution < 1.29 is 19.4 Å². The molecule has 9 heteroatoms. The smallest absolute Gasteiger partial charge is 0.306 e. The molecule has 3 heterocycles. The maximum atomic E-state index is 11.3. The Labute approximate surface area is 192 Å². The number of ether oxygens (including phenoxy) is 2. The van der Waals surface area contributed by atoms with Crippen LogP contribution in [0, 0.1) is 12.8 Å². The van der Waals surface area contributed by atoms with E-state index < -0.39 is 5.97 Å². The Morgan fingerprint density at radius 2 is 2.06 bits per heavy atom. The minimum absolute atomic E-state index is 0.109. The minimum atomic E-state index is -0.745. The largest absolute Gasteiger partial charge is 0.489 e. The van der Waals surface area contributed by atoms with Gasteiger partial charge in [-0.3, -0.25) is 9.48 Å². The van der Waals surface area contributed by atoms with Crippen LogP contribution in [-0.4, -0.2) is 48.7 Å². The van der Waals surface area contributed by atoms with Crippen molar-refractivity contribution >= 4 is 5.97 Å².